The van der Waals surface area contributed by atoms with E-state index in [0.29, 0.717) is 23.3 Å². The molecule has 10 nitrogen and oxygen atoms in total. The van der Waals surface area contributed by atoms with Gasteiger partial charge in [-0.05, 0) is 19.1 Å². The van der Waals surface area contributed by atoms with Crippen molar-refractivity contribution in [3.63, 3.8) is 0 Å². The van der Waals surface area contributed by atoms with Gasteiger partial charge in [0, 0.05) is 5.38 Å². The fourth-order valence-electron chi connectivity index (χ4n) is 1.86. The molecule has 128 valence electrons. The Bertz CT molecular complexity index is 861. The first-order chi connectivity index (χ1) is 12.2. The van der Waals surface area contributed by atoms with E-state index in [4.69, 9.17) is 4.74 Å². The van der Waals surface area contributed by atoms with Crippen molar-refractivity contribution in [2.75, 3.05) is 11.9 Å². The van der Waals surface area contributed by atoms with Gasteiger partial charge in [0.1, 0.15) is 12.7 Å². The third kappa shape index (κ3) is 4.20. The molecular weight excluding hydrogens is 346 g/mol. The maximum absolute atomic E-state index is 12.2. The molecule has 0 saturated heterocycles. The molecule has 0 atom stereocenters. The van der Waals surface area contributed by atoms with E-state index in [1.165, 1.54) is 34.7 Å². The van der Waals surface area contributed by atoms with E-state index < -0.39 is 5.91 Å². The van der Waals surface area contributed by atoms with Crippen molar-refractivity contribution in [3.8, 4) is 5.82 Å². The third-order valence-electron chi connectivity index (χ3n) is 2.94. The number of nitrogens with one attached hydrogen (secondary N) is 1. The van der Waals surface area contributed by atoms with Crippen LogP contribution in [0.5, 0.6) is 0 Å². The monoisotopic (exact) mass is 359 g/mol. The second-order valence-electron chi connectivity index (χ2n) is 4.70. The van der Waals surface area contributed by atoms with Gasteiger partial charge in [0.2, 0.25) is 0 Å². The maximum Gasteiger partial charge on any atom is 0.311 e. The van der Waals surface area contributed by atoms with Gasteiger partial charge in [-0.3, -0.25) is 14.9 Å². The molecule has 0 unspecified atom stereocenters. The Morgan fingerprint density at radius 2 is 2.20 bits per heavy atom. The molecule has 0 aliphatic rings. The number of carbonyl (C=O) groups excluding carboxylic acids is 2. The Morgan fingerprint density at radius 3 is 2.88 bits per heavy atom. The fourth-order valence-corrected chi connectivity index (χ4v) is 2.57. The highest BCUT2D eigenvalue weighted by atomic mass is 32.1. The number of aromatic nitrogens is 6. The largest absolute Gasteiger partial charge is 0.466 e. The number of thiazole rings is 1. The molecule has 0 saturated carbocycles. The van der Waals surface area contributed by atoms with Crippen molar-refractivity contribution >= 4 is 28.3 Å². The Balaban J connectivity index is 1.62. The summed E-state index contributed by atoms with van der Waals surface area (Å²) in [5, 5.41) is 16.4. The molecule has 11 heteroatoms. The van der Waals surface area contributed by atoms with Crippen LogP contribution in [0.1, 0.15) is 23.1 Å². The zero-order valence-corrected chi connectivity index (χ0v) is 13.9. The lowest BCUT2D eigenvalue weighted by Crippen LogP contribution is -2.15. The van der Waals surface area contributed by atoms with Crippen LogP contribution in [0.25, 0.3) is 5.82 Å². The number of carbonyl (C=O) groups is 2. The third-order valence-corrected chi connectivity index (χ3v) is 3.75. The van der Waals surface area contributed by atoms with Gasteiger partial charge in [-0.2, -0.15) is 5.10 Å². The number of ether oxygens (including phenoxy) is 1. The van der Waals surface area contributed by atoms with Gasteiger partial charge in [0.15, 0.2) is 16.6 Å². The molecule has 3 heterocycles. The van der Waals surface area contributed by atoms with Crippen LogP contribution in [0.2, 0.25) is 0 Å². The second-order valence-corrected chi connectivity index (χ2v) is 5.55. The smallest absolute Gasteiger partial charge is 0.311 e. The van der Waals surface area contributed by atoms with Gasteiger partial charge in [-0.25, -0.2) is 14.6 Å². The van der Waals surface area contributed by atoms with Crippen LogP contribution in [0, 0.1) is 0 Å². The normalized spacial score (nSPS) is 10.4. The molecule has 3 aromatic rings. The molecule has 0 spiro atoms. The second kappa shape index (κ2) is 7.57. The van der Waals surface area contributed by atoms with Crippen LogP contribution in [0.4, 0.5) is 5.13 Å². The SMILES string of the molecule is CCOC(=O)Cc1csc(NC(=O)c2ccc(-n3cncn3)nn2)n1. The average molecular weight is 359 g/mol. The van der Waals surface area contributed by atoms with Crippen molar-refractivity contribution in [2.45, 2.75) is 13.3 Å². The number of amides is 1. The Hall–Kier alpha value is -3.21. The Morgan fingerprint density at radius 1 is 1.32 bits per heavy atom. The lowest BCUT2D eigenvalue weighted by atomic mass is 10.3. The highest BCUT2D eigenvalue weighted by Crippen LogP contribution is 2.17. The molecular formula is C14H13N7O3S. The predicted molar refractivity (Wildman–Crippen MR) is 87.4 cm³/mol. The molecule has 0 aliphatic carbocycles. The fraction of sp³-hybridized carbons (Fsp3) is 0.214. The first-order valence-electron chi connectivity index (χ1n) is 7.26. The minimum absolute atomic E-state index is 0.0621. The molecule has 3 aromatic heterocycles. The maximum atomic E-state index is 12.2. The lowest BCUT2D eigenvalue weighted by Gasteiger charge is -2.02. The van der Waals surface area contributed by atoms with E-state index in [1.807, 2.05) is 0 Å². The first-order valence-corrected chi connectivity index (χ1v) is 8.13. The van der Waals surface area contributed by atoms with Gasteiger partial charge in [-0.15, -0.1) is 21.5 Å². The summed E-state index contributed by atoms with van der Waals surface area (Å²) < 4.78 is 6.28. The van der Waals surface area contributed by atoms with Crippen LogP contribution in [-0.4, -0.2) is 48.4 Å². The van der Waals surface area contributed by atoms with Crippen molar-refractivity contribution in [1.29, 1.82) is 0 Å². The summed E-state index contributed by atoms with van der Waals surface area (Å²) in [7, 11) is 0. The van der Waals surface area contributed by atoms with Gasteiger partial charge in [0.05, 0.1) is 18.7 Å². The summed E-state index contributed by atoms with van der Waals surface area (Å²) in [6, 6.07) is 3.12. The van der Waals surface area contributed by atoms with Crippen LogP contribution < -0.4 is 5.32 Å². The topological polar surface area (TPSA) is 125 Å². The summed E-state index contributed by atoms with van der Waals surface area (Å²) in [4.78, 5) is 31.6. The van der Waals surface area contributed by atoms with Crippen molar-refractivity contribution in [1.82, 2.24) is 29.9 Å². The zero-order valence-electron chi connectivity index (χ0n) is 13.1. The molecule has 0 bridgehead atoms. The number of rotatable bonds is 6. The van der Waals surface area contributed by atoms with Crippen LogP contribution in [0.15, 0.2) is 30.2 Å². The summed E-state index contributed by atoms with van der Waals surface area (Å²) in [6.07, 6.45) is 2.91. The van der Waals surface area contributed by atoms with Gasteiger partial charge in [-0.1, -0.05) is 0 Å². The molecule has 1 amide bonds. The van der Waals surface area contributed by atoms with Gasteiger partial charge < -0.3 is 4.74 Å². The minimum Gasteiger partial charge on any atom is -0.466 e. The van der Waals surface area contributed by atoms with E-state index in [9.17, 15) is 9.59 Å². The highest BCUT2D eigenvalue weighted by molar-refractivity contribution is 7.14. The number of hydrogen-bond acceptors (Lipinski definition) is 9. The molecule has 0 aromatic carbocycles. The first kappa shape index (κ1) is 16.6. The number of hydrogen-bond donors (Lipinski definition) is 1. The summed E-state index contributed by atoms with van der Waals surface area (Å²) in [6.45, 7) is 2.05. The number of nitrogens with zero attached hydrogens (tertiary/aromatic N) is 6. The standard InChI is InChI=1S/C14H13N7O3S/c1-2-24-12(22)5-9-6-25-14(17-9)18-13(23)10-3-4-11(20-19-10)21-8-15-7-16-21/h3-4,6-8H,2,5H2,1H3,(H,17,18,23). The predicted octanol–water partition coefficient (Wildman–Crippen LogP) is 0.872. The Kier molecular flexibility index (Phi) is 5.04. The summed E-state index contributed by atoms with van der Waals surface area (Å²) in [5.74, 6) is -0.366. The summed E-state index contributed by atoms with van der Waals surface area (Å²) in [5.41, 5.74) is 0.664. The molecule has 25 heavy (non-hydrogen) atoms. The molecule has 3 rings (SSSR count). The molecule has 0 aliphatic heterocycles. The van der Waals surface area contributed by atoms with Gasteiger partial charge >= 0.3 is 5.97 Å². The number of esters is 1. The van der Waals surface area contributed by atoms with E-state index >= 15 is 0 Å². The number of anilines is 1. The minimum atomic E-state index is -0.449. The van der Waals surface area contributed by atoms with Crippen LogP contribution >= 0.6 is 11.3 Å². The summed E-state index contributed by atoms with van der Waals surface area (Å²) >= 11 is 1.21. The van der Waals surface area contributed by atoms with Crippen molar-refractivity contribution in [3.05, 3.63) is 41.6 Å². The van der Waals surface area contributed by atoms with Crippen LogP contribution in [-0.2, 0) is 16.0 Å². The molecule has 0 fully saturated rings. The average Bonchev–Trinajstić information content (AvgIpc) is 3.27. The van der Waals surface area contributed by atoms with E-state index in [1.54, 1.807) is 18.4 Å². The van der Waals surface area contributed by atoms with E-state index in [0.717, 1.165) is 0 Å². The molecule has 1 N–H and O–H groups in total. The van der Waals surface area contributed by atoms with Gasteiger partial charge in [0.25, 0.3) is 5.91 Å². The van der Waals surface area contributed by atoms with Crippen molar-refractivity contribution < 1.29 is 14.3 Å². The van der Waals surface area contributed by atoms with E-state index in [-0.39, 0.29) is 18.1 Å². The Labute approximate surface area is 145 Å². The highest BCUT2D eigenvalue weighted by Gasteiger charge is 2.13. The zero-order chi connectivity index (χ0) is 17.6. The molecule has 0 radical (unpaired) electrons. The quantitative estimate of drug-likeness (QED) is 0.643. The van der Waals surface area contributed by atoms with E-state index in [2.05, 4.69) is 30.6 Å². The van der Waals surface area contributed by atoms with Crippen LogP contribution in [0.3, 0.4) is 0 Å². The van der Waals surface area contributed by atoms with Crippen molar-refractivity contribution in [2.24, 2.45) is 0 Å². The lowest BCUT2D eigenvalue weighted by molar-refractivity contribution is -0.142.